The minimum atomic E-state index is -1.06. The van der Waals surface area contributed by atoms with E-state index in [0.717, 1.165) is 6.42 Å². The SMILES string of the molecule is CCCC(Br)(Br)C(O)=C(O)O. The highest BCUT2D eigenvalue weighted by Crippen LogP contribution is 2.38. The molecule has 0 unspecified atom stereocenters. The largest absolute Gasteiger partial charge is 0.504 e. The van der Waals surface area contributed by atoms with Gasteiger partial charge in [0, 0.05) is 0 Å². The van der Waals surface area contributed by atoms with Crippen molar-refractivity contribution in [2.75, 3.05) is 0 Å². The normalized spacial score (nSPS) is 11.2. The zero-order valence-corrected chi connectivity index (χ0v) is 9.18. The van der Waals surface area contributed by atoms with Gasteiger partial charge in [-0.1, -0.05) is 45.2 Å². The standard InChI is InChI=1S/C6H10Br2O3/c1-2-3-6(7,8)4(9)5(10)11/h9-11H,2-3H2,1H3. The minimum Gasteiger partial charge on any atom is -0.504 e. The molecule has 3 nitrogen and oxygen atoms in total. The molecular formula is C6H10Br2O3. The first-order valence-electron chi connectivity index (χ1n) is 3.11. The third-order valence-corrected chi connectivity index (χ3v) is 2.67. The molecule has 0 spiro atoms. The number of hydrogen-bond acceptors (Lipinski definition) is 3. The van der Waals surface area contributed by atoms with E-state index in [9.17, 15) is 0 Å². The molecule has 5 heteroatoms. The number of rotatable bonds is 3. The van der Waals surface area contributed by atoms with Gasteiger partial charge in [0.05, 0.1) is 0 Å². The van der Waals surface area contributed by atoms with Gasteiger partial charge in [-0.25, -0.2) is 0 Å². The summed E-state index contributed by atoms with van der Waals surface area (Å²) in [7, 11) is 0. The summed E-state index contributed by atoms with van der Waals surface area (Å²) in [5.41, 5.74) is 0. The van der Waals surface area contributed by atoms with Gasteiger partial charge >= 0.3 is 5.95 Å². The van der Waals surface area contributed by atoms with E-state index in [1.165, 1.54) is 0 Å². The highest BCUT2D eigenvalue weighted by molar-refractivity contribution is 9.25. The molecule has 11 heavy (non-hydrogen) atoms. The Morgan fingerprint density at radius 3 is 2.00 bits per heavy atom. The van der Waals surface area contributed by atoms with Gasteiger partial charge in [0.2, 0.25) is 5.76 Å². The molecule has 0 bridgehead atoms. The molecule has 0 aliphatic rings. The van der Waals surface area contributed by atoms with Gasteiger partial charge in [0.1, 0.15) is 3.23 Å². The molecule has 0 aromatic heterocycles. The van der Waals surface area contributed by atoms with E-state index >= 15 is 0 Å². The van der Waals surface area contributed by atoms with Crippen molar-refractivity contribution in [2.24, 2.45) is 0 Å². The van der Waals surface area contributed by atoms with Crippen LogP contribution in [-0.4, -0.2) is 18.6 Å². The quantitative estimate of drug-likeness (QED) is 0.553. The third kappa shape index (κ3) is 3.33. The van der Waals surface area contributed by atoms with Gasteiger partial charge in [0.25, 0.3) is 0 Å². The van der Waals surface area contributed by atoms with Crippen molar-refractivity contribution in [1.29, 1.82) is 0 Å². The Balaban J connectivity index is 4.42. The summed E-state index contributed by atoms with van der Waals surface area (Å²) >= 11 is 6.19. The lowest BCUT2D eigenvalue weighted by Crippen LogP contribution is -2.16. The molecule has 0 fully saturated rings. The van der Waals surface area contributed by atoms with E-state index in [-0.39, 0.29) is 0 Å². The summed E-state index contributed by atoms with van der Waals surface area (Å²) in [6.45, 7) is 1.92. The average molecular weight is 290 g/mol. The molecule has 0 aromatic carbocycles. The maximum atomic E-state index is 9.07. The Morgan fingerprint density at radius 2 is 1.73 bits per heavy atom. The maximum Gasteiger partial charge on any atom is 0.316 e. The van der Waals surface area contributed by atoms with Crippen molar-refractivity contribution in [3.8, 4) is 0 Å². The summed E-state index contributed by atoms with van der Waals surface area (Å²) in [4.78, 5) is 0. The average Bonchev–Trinajstić information content (AvgIpc) is 1.86. The van der Waals surface area contributed by atoms with Crippen LogP contribution in [0.25, 0.3) is 0 Å². The highest BCUT2D eigenvalue weighted by atomic mass is 79.9. The minimum absolute atomic E-state index is 0.501. The van der Waals surface area contributed by atoms with E-state index < -0.39 is 14.9 Å². The highest BCUT2D eigenvalue weighted by Gasteiger charge is 2.30. The van der Waals surface area contributed by atoms with Crippen LogP contribution >= 0.6 is 31.9 Å². The Hall–Kier alpha value is 0.1000. The molecular weight excluding hydrogens is 280 g/mol. The molecule has 0 saturated heterocycles. The molecule has 0 aliphatic carbocycles. The van der Waals surface area contributed by atoms with Crippen LogP contribution < -0.4 is 0 Å². The Kier molecular flexibility index (Phi) is 4.25. The summed E-state index contributed by atoms with van der Waals surface area (Å²) in [5, 5.41) is 26.1. The first-order valence-corrected chi connectivity index (χ1v) is 4.70. The lowest BCUT2D eigenvalue weighted by Gasteiger charge is -2.17. The monoisotopic (exact) mass is 288 g/mol. The second-order valence-electron chi connectivity index (χ2n) is 2.13. The molecule has 0 atom stereocenters. The van der Waals surface area contributed by atoms with Crippen molar-refractivity contribution in [3.63, 3.8) is 0 Å². The van der Waals surface area contributed by atoms with Crippen LogP contribution in [0.2, 0.25) is 0 Å². The summed E-state index contributed by atoms with van der Waals surface area (Å²) in [6.07, 6.45) is 1.36. The van der Waals surface area contributed by atoms with Crippen LogP contribution in [0.1, 0.15) is 19.8 Å². The number of allylic oxidation sites excluding steroid dienone is 1. The smallest absolute Gasteiger partial charge is 0.316 e. The first kappa shape index (κ1) is 11.1. The van der Waals surface area contributed by atoms with Crippen LogP contribution in [0, 0.1) is 0 Å². The van der Waals surface area contributed by atoms with Crippen molar-refractivity contribution < 1.29 is 15.3 Å². The molecule has 0 heterocycles. The van der Waals surface area contributed by atoms with Crippen molar-refractivity contribution in [1.82, 2.24) is 0 Å². The van der Waals surface area contributed by atoms with E-state index in [4.69, 9.17) is 15.3 Å². The molecule has 66 valence electrons. The lowest BCUT2D eigenvalue weighted by molar-refractivity contribution is 0.153. The van der Waals surface area contributed by atoms with E-state index in [1.807, 2.05) is 6.92 Å². The molecule has 0 amide bonds. The van der Waals surface area contributed by atoms with Crippen molar-refractivity contribution in [2.45, 2.75) is 23.0 Å². The van der Waals surface area contributed by atoms with Crippen molar-refractivity contribution in [3.05, 3.63) is 11.7 Å². The predicted molar refractivity (Wildman–Crippen MR) is 50.4 cm³/mol. The van der Waals surface area contributed by atoms with Crippen LogP contribution in [-0.2, 0) is 0 Å². The first-order chi connectivity index (χ1) is 4.91. The van der Waals surface area contributed by atoms with Crippen LogP contribution in [0.15, 0.2) is 11.7 Å². The molecule has 3 N–H and O–H groups in total. The van der Waals surface area contributed by atoms with E-state index in [1.54, 1.807) is 0 Å². The van der Waals surface area contributed by atoms with Gasteiger partial charge < -0.3 is 15.3 Å². The number of hydrogen-bond donors (Lipinski definition) is 3. The van der Waals surface area contributed by atoms with Gasteiger partial charge in [0.15, 0.2) is 0 Å². The second-order valence-corrected chi connectivity index (χ2v) is 5.90. The van der Waals surface area contributed by atoms with Gasteiger partial charge in [-0.2, -0.15) is 0 Å². The molecule has 0 saturated carbocycles. The lowest BCUT2D eigenvalue weighted by atomic mass is 10.2. The topological polar surface area (TPSA) is 60.7 Å². The molecule has 0 aliphatic heterocycles. The summed E-state index contributed by atoms with van der Waals surface area (Å²) in [6, 6.07) is 0. The van der Waals surface area contributed by atoms with Crippen LogP contribution in [0.3, 0.4) is 0 Å². The summed E-state index contributed by atoms with van der Waals surface area (Å²) < 4.78 is -0.909. The fraction of sp³-hybridized carbons (Fsp3) is 0.667. The van der Waals surface area contributed by atoms with E-state index in [2.05, 4.69) is 31.9 Å². The van der Waals surface area contributed by atoms with Crippen molar-refractivity contribution >= 4 is 31.9 Å². The van der Waals surface area contributed by atoms with E-state index in [0.29, 0.717) is 6.42 Å². The van der Waals surface area contributed by atoms with Crippen LogP contribution in [0.4, 0.5) is 0 Å². The number of aliphatic hydroxyl groups excluding tert-OH is 2. The fourth-order valence-corrected chi connectivity index (χ4v) is 1.74. The zero-order valence-electron chi connectivity index (χ0n) is 6.01. The molecule has 0 radical (unpaired) electrons. The van der Waals surface area contributed by atoms with Gasteiger partial charge in [-0.15, -0.1) is 0 Å². The number of aliphatic hydroxyl groups is 3. The van der Waals surface area contributed by atoms with Crippen LogP contribution in [0.5, 0.6) is 0 Å². The summed E-state index contributed by atoms with van der Waals surface area (Å²) in [5.74, 6) is -1.56. The number of halogens is 2. The maximum absolute atomic E-state index is 9.07. The Morgan fingerprint density at radius 1 is 1.27 bits per heavy atom. The Labute approximate surface area is 82.0 Å². The number of alkyl halides is 2. The van der Waals surface area contributed by atoms with Gasteiger partial charge in [-0.05, 0) is 6.42 Å². The second kappa shape index (κ2) is 4.21. The molecule has 0 rings (SSSR count). The zero-order chi connectivity index (χ0) is 9.07. The fourth-order valence-electron chi connectivity index (χ4n) is 0.596. The third-order valence-electron chi connectivity index (χ3n) is 1.12. The predicted octanol–water partition coefficient (Wildman–Crippen LogP) is 3.12. The molecule has 0 aromatic rings. The van der Waals surface area contributed by atoms with Gasteiger partial charge in [-0.3, -0.25) is 0 Å². The Bertz CT molecular complexity index is 161.